The van der Waals surface area contributed by atoms with Crippen molar-refractivity contribution in [3.05, 3.63) is 36.4 Å². The number of nitrogens with one attached hydrogen (secondary N) is 1. The Bertz CT molecular complexity index is 500. The van der Waals surface area contributed by atoms with Crippen molar-refractivity contribution in [3.63, 3.8) is 0 Å². The number of hydrogen-bond acceptors (Lipinski definition) is 2. The molecule has 1 fully saturated rings. The predicted octanol–water partition coefficient (Wildman–Crippen LogP) is 4.30. The van der Waals surface area contributed by atoms with Gasteiger partial charge in [0.05, 0.1) is 6.10 Å². The molecule has 1 aromatic carbocycles. The third-order valence-electron chi connectivity index (χ3n) is 4.30. The lowest BCUT2D eigenvalue weighted by Gasteiger charge is -2.13. The Hall–Kier alpha value is -1.77. The van der Waals surface area contributed by atoms with E-state index in [2.05, 4.69) is 17.5 Å². The molecule has 3 nitrogen and oxygen atoms in total. The van der Waals surface area contributed by atoms with E-state index >= 15 is 0 Å². The highest BCUT2D eigenvalue weighted by Gasteiger charge is 2.16. The maximum absolute atomic E-state index is 12.0. The molecule has 3 rings (SSSR count). The van der Waals surface area contributed by atoms with Crippen molar-refractivity contribution in [1.29, 1.82) is 0 Å². The number of ether oxygens (including phenoxy) is 1. The molecule has 0 bridgehead atoms. The molecular formula is C18H23NO2. The van der Waals surface area contributed by atoms with Gasteiger partial charge in [-0.25, -0.2) is 0 Å². The lowest BCUT2D eigenvalue weighted by atomic mass is 10.1. The van der Waals surface area contributed by atoms with Crippen LogP contribution in [-0.2, 0) is 4.79 Å². The van der Waals surface area contributed by atoms with Crippen LogP contribution in [0.25, 0.3) is 0 Å². The number of rotatable bonds is 5. The average molecular weight is 285 g/mol. The van der Waals surface area contributed by atoms with E-state index in [1.54, 1.807) is 0 Å². The molecule has 2 aliphatic carbocycles. The summed E-state index contributed by atoms with van der Waals surface area (Å²) < 4.78 is 5.92. The monoisotopic (exact) mass is 285 g/mol. The molecule has 0 radical (unpaired) electrons. The fourth-order valence-corrected chi connectivity index (χ4v) is 3.13. The molecule has 21 heavy (non-hydrogen) atoms. The van der Waals surface area contributed by atoms with E-state index in [1.165, 1.54) is 12.8 Å². The van der Waals surface area contributed by atoms with Gasteiger partial charge in [-0.2, -0.15) is 0 Å². The second-order valence-electron chi connectivity index (χ2n) is 6.07. The van der Waals surface area contributed by atoms with Crippen LogP contribution in [0.15, 0.2) is 36.4 Å². The van der Waals surface area contributed by atoms with Crippen molar-refractivity contribution in [2.75, 3.05) is 5.32 Å². The molecule has 1 saturated carbocycles. The second kappa shape index (κ2) is 6.79. The van der Waals surface area contributed by atoms with Crippen LogP contribution in [0, 0.1) is 5.92 Å². The number of benzene rings is 1. The summed E-state index contributed by atoms with van der Waals surface area (Å²) >= 11 is 0. The van der Waals surface area contributed by atoms with Crippen LogP contribution < -0.4 is 10.1 Å². The maximum Gasteiger partial charge on any atom is 0.224 e. The molecule has 0 spiro atoms. The number of hydrogen-bond donors (Lipinski definition) is 1. The van der Waals surface area contributed by atoms with Crippen LogP contribution in [0.3, 0.4) is 0 Å². The molecule has 112 valence electrons. The van der Waals surface area contributed by atoms with E-state index in [4.69, 9.17) is 4.74 Å². The fraction of sp³-hybridized carbons (Fsp3) is 0.500. The first-order valence-electron chi connectivity index (χ1n) is 8.03. The Labute approximate surface area is 126 Å². The summed E-state index contributed by atoms with van der Waals surface area (Å²) in [6.45, 7) is 0. The summed E-state index contributed by atoms with van der Waals surface area (Å²) in [5.74, 6) is 1.41. The van der Waals surface area contributed by atoms with Gasteiger partial charge in [0.2, 0.25) is 5.91 Å². The molecule has 1 N–H and O–H groups in total. The summed E-state index contributed by atoms with van der Waals surface area (Å²) in [7, 11) is 0. The Morgan fingerprint density at radius 3 is 2.57 bits per heavy atom. The van der Waals surface area contributed by atoms with Crippen LogP contribution in [-0.4, -0.2) is 12.0 Å². The first-order valence-corrected chi connectivity index (χ1v) is 8.03. The van der Waals surface area contributed by atoms with E-state index in [-0.39, 0.29) is 5.91 Å². The summed E-state index contributed by atoms with van der Waals surface area (Å²) in [4.78, 5) is 12.0. The number of amides is 1. The highest BCUT2D eigenvalue weighted by molar-refractivity contribution is 5.91. The molecule has 0 saturated heterocycles. The van der Waals surface area contributed by atoms with Crippen LogP contribution in [0.1, 0.15) is 44.9 Å². The Morgan fingerprint density at radius 2 is 1.90 bits per heavy atom. The van der Waals surface area contributed by atoms with E-state index < -0.39 is 0 Å². The Morgan fingerprint density at radius 1 is 1.14 bits per heavy atom. The van der Waals surface area contributed by atoms with Gasteiger partial charge in [0, 0.05) is 12.1 Å². The zero-order chi connectivity index (χ0) is 14.5. The van der Waals surface area contributed by atoms with Gasteiger partial charge in [-0.15, -0.1) is 0 Å². The lowest BCUT2D eigenvalue weighted by molar-refractivity contribution is -0.116. The fourth-order valence-electron chi connectivity index (χ4n) is 3.13. The van der Waals surface area contributed by atoms with Gasteiger partial charge in [-0.1, -0.05) is 12.2 Å². The van der Waals surface area contributed by atoms with Crippen molar-refractivity contribution >= 4 is 11.6 Å². The van der Waals surface area contributed by atoms with Crippen molar-refractivity contribution in [1.82, 2.24) is 0 Å². The third-order valence-corrected chi connectivity index (χ3v) is 4.30. The summed E-state index contributed by atoms with van der Waals surface area (Å²) in [6, 6.07) is 7.74. The van der Waals surface area contributed by atoms with Gasteiger partial charge in [0.15, 0.2) is 0 Å². The van der Waals surface area contributed by atoms with Crippen LogP contribution in [0.4, 0.5) is 5.69 Å². The lowest BCUT2D eigenvalue weighted by Crippen LogP contribution is -2.15. The van der Waals surface area contributed by atoms with Gasteiger partial charge in [0.1, 0.15) is 5.75 Å². The molecule has 0 aliphatic heterocycles. The van der Waals surface area contributed by atoms with E-state index in [9.17, 15) is 4.79 Å². The first-order chi connectivity index (χ1) is 10.3. The predicted molar refractivity (Wildman–Crippen MR) is 84.4 cm³/mol. The topological polar surface area (TPSA) is 38.3 Å². The second-order valence-corrected chi connectivity index (χ2v) is 6.07. The highest BCUT2D eigenvalue weighted by Crippen LogP contribution is 2.25. The largest absolute Gasteiger partial charge is 0.490 e. The SMILES string of the molecule is O=C(CC1C=CCC1)Nc1ccc(OC2CCCC2)cc1. The van der Waals surface area contributed by atoms with Gasteiger partial charge in [-0.05, 0) is 68.7 Å². The number of carbonyl (C=O) groups excluding carboxylic acids is 1. The minimum atomic E-state index is 0.0935. The molecule has 1 amide bonds. The van der Waals surface area contributed by atoms with Gasteiger partial charge in [-0.3, -0.25) is 4.79 Å². The standard InChI is InChI=1S/C18H23NO2/c20-18(13-14-5-1-2-6-14)19-15-9-11-17(12-10-15)21-16-7-3-4-8-16/h1,5,9-12,14,16H,2-4,6-8,13H2,(H,19,20). The molecule has 0 aromatic heterocycles. The van der Waals surface area contributed by atoms with Gasteiger partial charge in [0.25, 0.3) is 0 Å². The third kappa shape index (κ3) is 4.10. The van der Waals surface area contributed by atoms with Crippen molar-refractivity contribution in [2.45, 2.75) is 51.0 Å². The smallest absolute Gasteiger partial charge is 0.224 e. The van der Waals surface area contributed by atoms with Crippen molar-refractivity contribution in [2.24, 2.45) is 5.92 Å². The first kappa shape index (κ1) is 14.2. The number of allylic oxidation sites excluding steroid dienone is 2. The van der Waals surface area contributed by atoms with Gasteiger partial charge >= 0.3 is 0 Å². The molecule has 1 atom stereocenters. The zero-order valence-electron chi connectivity index (χ0n) is 12.4. The van der Waals surface area contributed by atoms with E-state index in [1.807, 2.05) is 24.3 Å². The average Bonchev–Trinajstić information content (AvgIpc) is 3.14. The molecule has 2 aliphatic rings. The molecule has 1 aromatic rings. The Kier molecular flexibility index (Phi) is 4.59. The minimum Gasteiger partial charge on any atom is -0.490 e. The number of carbonyl (C=O) groups is 1. The molecular weight excluding hydrogens is 262 g/mol. The quantitative estimate of drug-likeness (QED) is 0.819. The zero-order valence-corrected chi connectivity index (χ0v) is 12.4. The maximum atomic E-state index is 12.0. The van der Waals surface area contributed by atoms with Crippen LogP contribution >= 0.6 is 0 Å². The van der Waals surface area contributed by atoms with Crippen LogP contribution in [0.5, 0.6) is 5.75 Å². The normalized spacial score (nSPS) is 21.6. The van der Waals surface area contributed by atoms with Crippen molar-refractivity contribution in [3.8, 4) is 5.75 Å². The Balaban J connectivity index is 1.49. The molecule has 0 heterocycles. The van der Waals surface area contributed by atoms with Crippen molar-refractivity contribution < 1.29 is 9.53 Å². The van der Waals surface area contributed by atoms with E-state index in [0.717, 1.165) is 37.1 Å². The minimum absolute atomic E-state index is 0.0935. The summed E-state index contributed by atoms with van der Waals surface area (Å²) in [5.41, 5.74) is 0.848. The summed E-state index contributed by atoms with van der Waals surface area (Å²) in [6.07, 6.45) is 12.3. The van der Waals surface area contributed by atoms with E-state index in [0.29, 0.717) is 18.4 Å². The number of anilines is 1. The molecule has 1 unspecified atom stereocenters. The molecule has 3 heteroatoms. The summed E-state index contributed by atoms with van der Waals surface area (Å²) in [5, 5.41) is 2.96. The van der Waals surface area contributed by atoms with Crippen LogP contribution in [0.2, 0.25) is 0 Å². The highest BCUT2D eigenvalue weighted by atomic mass is 16.5. The van der Waals surface area contributed by atoms with Gasteiger partial charge < -0.3 is 10.1 Å².